The first kappa shape index (κ1) is 21.1. The Kier molecular flexibility index (Phi) is 4.78. The molecular weight excluding hydrogens is 546 g/mol. The number of carbonyl (C=O) groups is 2. The van der Waals surface area contributed by atoms with Crippen LogP contribution in [-0.2, 0) is 5.41 Å². The molecule has 7 rings (SSSR count). The van der Waals surface area contributed by atoms with Crippen molar-refractivity contribution in [2.75, 3.05) is 4.90 Å². The van der Waals surface area contributed by atoms with Gasteiger partial charge in [0.2, 0.25) is 0 Å². The van der Waals surface area contributed by atoms with E-state index in [4.69, 9.17) is 0 Å². The molecule has 0 bridgehead atoms. The Labute approximate surface area is 214 Å². The quantitative estimate of drug-likeness (QED) is 0.151. The molecule has 3 nitrogen and oxygen atoms in total. The SMILES string of the molecule is O=C1C(=Cc2ccc(N3c4ccccc4C4(CCCC4)c4ccccc43)[te]2)C(=O)c2ccccc21. The summed E-state index contributed by atoms with van der Waals surface area (Å²) in [5, 5.41) is 0. The number of carbonyl (C=O) groups excluding carboxylic acids is 2. The molecule has 0 atom stereocenters. The van der Waals surface area contributed by atoms with E-state index in [1.54, 1.807) is 12.1 Å². The summed E-state index contributed by atoms with van der Waals surface area (Å²) < 4.78 is 2.41. The van der Waals surface area contributed by atoms with Crippen LogP contribution in [-0.4, -0.2) is 32.0 Å². The van der Waals surface area contributed by atoms with Gasteiger partial charge in [0.05, 0.1) is 0 Å². The number of hydrogen-bond donors (Lipinski definition) is 0. The third-order valence-electron chi connectivity index (χ3n) is 7.80. The molecule has 0 unspecified atom stereocenters. The van der Waals surface area contributed by atoms with Crippen molar-refractivity contribution in [2.24, 2.45) is 0 Å². The van der Waals surface area contributed by atoms with E-state index in [0.29, 0.717) is 16.7 Å². The molecule has 1 aromatic heterocycles. The average Bonchev–Trinajstić information content (AvgIpc) is 3.62. The molecular formula is C31H23NO2Te. The van der Waals surface area contributed by atoms with Crippen LogP contribution in [0.5, 0.6) is 0 Å². The molecule has 1 aliphatic heterocycles. The second kappa shape index (κ2) is 7.92. The van der Waals surface area contributed by atoms with E-state index in [2.05, 4.69) is 65.6 Å². The fraction of sp³-hybridized carbons (Fsp3) is 0.161. The molecule has 2 heterocycles. The number of ketones is 2. The standard InChI is InChI=1S/C31H23NO2Te/c33-29-21-9-1-2-10-22(21)30(34)23(29)19-20-15-16-28(35-20)32-26-13-5-3-11-24(26)31(17-7-8-18-31)25-12-4-6-14-27(25)32/h1-6,9-16,19H,7-8,17-18H2. The van der Waals surface area contributed by atoms with Gasteiger partial charge in [0, 0.05) is 0 Å². The summed E-state index contributed by atoms with van der Waals surface area (Å²) in [4.78, 5) is 28.3. The van der Waals surface area contributed by atoms with Gasteiger partial charge in [-0.05, 0) is 0 Å². The summed E-state index contributed by atoms with van der Waals surface area (Å²) >= 11 is -0.783. The number of allylic oxidation sites excluding steroid dienone is 1. The second-order valence-corrected chi connectivity index (χ2v) is 12.7. The van der Waals surface area contributed by atoms with Gasteiger partial charge in [-0.2, -0.15) is 0 Å². The molecule has 2 aliphatic carbocycles. The molecule has 0 saturated heterocycles. The van der Waals surface area contributed by atoms with Crippen molar-refractivity contribution in [3.63, 3.8) is 0 Å². The van der Waals surface area contributed by atoms with E-state index in [1.807, 2.05) is 18.2 Å². The zero-order valence-electron chi connectivity index (χ0n) is 19.2. The summed E-state index contributed by atoms with van der Waals surface area (Å²) in [6.07, 6.45) is 6.79. The van der Waals surface area contributed by atoms with Crippen LogP contribution in [0.15, 0.2) is 90.5 Å². The zero-order chi connectivity index (χ0) is 23.6. The molecule has 4 aromatic rings. The predicted octanol–water partition coefficient (Wildman–Crippen LogP) is 6.85. The predicted molar refractivity (Wildman–Crippen MR) is 140 cm³/mol. The van der Waals surface area contributed by atoms with Crippen LogP contribution in [0.4, 0.5) is 15.1 Å². The molecule has 35 heavy (non-hydrogen) atoms. The van der Waals surface area contributed by atoms with E-state index in [-0.39, 0.29) is 17.0 Å². The van der Waals surface area contributed by atoms with Crippen LogP contribution in [0.1, 0.15) is 61.1 Å². The Bertz CT molecular complexity index is 1470. The van der Waals surface area contributed by atoms with Crippen LogP contribution in [0, 0.1) is 0 Å². The molecule has 1 saturated carbocycles. The van der Waals surface area contributed by atoms with E-state index < -0.39 is 20.4 Å². The first-order valence-corrected chi connectivity index (χ1v) is 14.5. The number of fused-ring (bicyclic) bond motifs is 5. The molecule has 0 N–H and O–H groups in total. The van der Waals surface area contributed by atoms with Crippen LogP contribution >= 0.6 is 0 Å². The summed E-state index contributed by atoms with van der Waals surface area (Å²) in [5.74, 6) is -0.298. The van der Waals surface area contributed by atoms with Crippen molar-refractivity contribution in [1.82, 2.24) is 0 Å². The van der Waals surface area contributed by atoms with Crippen LogP contribution < -0.4 is 4.90 Å². The maximum atomic E-state index is 12.9. The van der Waals surface area contributed by atoms with Gasteiger partial charge < -0.3 is 0 Å². The van der Waals surface area contributed by atoms with E-state index >= 15 is 0 Å². The van der Waals surface area contributed by atoms with Gasteiger partial charge in [0.25, 0.3) is 0 Å². The molecule has 1 spiro atoms. The monoisotopic (exact) mass is 571 g/mol. The first-order chi connectivity index (χ1) is 17.2. The van der Waals surface area contributed by atoms with Crippen LogP contribution in [0.25, 0.3) is 6.08 Å². The third kappa shape index (κ3) is 3.03. The van der Waals surface area contributed by atoms with Crippen molar-refractivity contribution < 1.29 is 9.59 Å². The van der Waals surface area contributed by atoms with Crippen molar-refractivity contribution in [2.45, 2.75) is 31.1 Å². The van der Waals surface area contributed by atoms with Crippen molar-refractivity contribution >= 4 is 53.2 Å². The summed E-state index contributed by atoms with van der Waals surface area (Å²) in [6.45, 7) is 0. The van der Waals surface area contributed by atoms with Crippen molar-refractivity contribution in [1.29, 1.82) is 0 Å². The average molecular weight is 569 g/mol. The molecule has 3 aliphatic rings. The normalized spacial score (nSPS) is 17.5. The molecule has 170 valence electrons. The van der Waals surface area contributed by atoms with Crippen LogP contribution in [0.3, 0.4) is 0 Å². The fourth-order valence-corrected chi connectivity index (χ4v) is 9.05. The molecule has 1 fully saturated rings. The Morgan fingerprint density at radius 3 is 1.83 bits per heavy atom. The van der Waals surface area contributed by atoms with Gasteiger partial charge in [-0.25, -0.2) is 0 Å². The minimum atomic E-state index is -0.783. The number of anilines is 3. The maximum absolute atomic E-state index is 12.9. The zero-order valence-corrected chi connectivity index (χ0v) is 21.5. The third-order valence-corrected chi connectivity index (χ3v) is 10.7. The Hall–Kier alpha value is -3.19. The topological polar surface area (TPSA) is 37.4 Å². The number of rotatable bonds is 2. The van der Waals surface area contributed by atoms with Gasteiger partial charge in [-0.1, -0.05) is 0 Å². The summed E-state index contributed by atoms with van der Waals surface area (Å²) in [7, 11) is 0. The van der Waals surface area contributed by atoms with Crippen molar-refractivity contribution in [3.8, 4) is 0 Å². The van der Waals surface area contributed by atoms with E-state index in [1.165, 1.54) is 51.9 Å². The number of benzene rings is 3. The second-order valence-electron chi connectivity index (χ2n) is 9.60. The molecule has 0 radical (unpaired) electrons. The Morgan fingerprint density at radius 1 is 0.686 bits per heavy atom. The van der Waals surface area contributed by atoms with Crippen LogP contribution in [0.2, 0.25) is 0 Å². The summed E-state index contributed by atoms with van der Waals surface area (Å²) in [5.41, 5.74) is 6.91. The van der Waals surface area contributed by atoms with Gasteiger partial charge in [0.1, 0.15) is 0 Å². The minimum absolute atomic E-state index is 0.107. The number of nitrogens with zero attached hydrogens (tertiary/aromatic N) is 1. The van der Waals surface area contributed by atoms with Crippen molar-refractivity contribution in [3.05, 3.63) is 116 Å². The number of para-hydroxylation sites is 2. The number of hydrogen-bond acceptors (Lipinski definition) is 3. The fourth-order valence-electron chi connectivity index (χ4n) is 6.26. The Balaban J connectivity index is 1.34. The van der Waals surface area contributed by atoms with E-state index in [0.717, 1.165) is 3.58 Å². The van der Waals surface area contributed by atoms with Gasteiger partial charge in [0.15, 0.2) is 0 Å². The Morgan fingerprint density at radius 2 is 1.23 bits per heavy atom. The van der Waals surface area contributed by atoms with Gasteiger partial charge in [-0.3, -0.25) is 0 Å². The van der Waals surface area contributed by atoms with E-state index in [9.17, 15) is 9.59 Å². The molecule has 0 amide bonds. The van der Waals surface area contributed by atoms with Gasteiger partial charge >= 0.3 is 215 Å². The first-order valence-electron chi connectivity index (χ1n) is 12.2. The molecule has 3 aromatic carbocycles. The summed E-state index contributed by atoms with van der Waals surface area (Å²) in [6, 6.07) is 29.2. The molecule has 4 heteroatoms. The van der Waals surface area contributed by atoms with Gasteiger partial charge in [-0.15, -0.1) is 0 Å². The number of Topliss-reactive ketones (excluding diaryl/α,β-unsaturated/α-hetero) is 2.